The van der Waals surface area contributed by atoms with Crippen molar-refractivity contribution in [2.75, 3.05) is 0 Å². The molecule has 0 bridgehead atoms. The SMILES string of the molecule is CC(=O)C[CH](C)[Sn]([Cl])([Cl])[Cl]. The first-order valence-corrected chi connectivity index (χ1v) is 15.4. The number of hydrogen-bond acceptors (Lipinski definition) is 1. The van der Waals surface area contributed by atoms with Crippen LogP contribution in [0.15, 0.2) is 0 Å². The Bertz CT molecular complexity index is 131. The van der Waals surface area contributed by atoms with E-state index in [9.17, 15) is 4.79 Å². The summed E-state index contributed by atoms with van der Waals surface area (Å²) in [5.41, 5.74) is 0. The monoisotopic (exact) mass is 310 g/mol. The molecule has 5 heteroatoms. The Morgan fingerprint density at radius 3 is 2.00 bits per heavy atom. The molecule has 0 aliphatic rings. The molecule has 0 N–H and O–H groups in total. The number of hydrogen-bond donors (Lipinski definition) is 0. The molecule has 1 nitrogen and oxygen atoms in total. The van der Waals surface area contributed by atoms with Gasteiger partial charge in [-0.15, -0.1) is 0 Å². The van der Waals surface area contributed by atoms with Gasteiger partial charge in [0.05, 0.1) is 0 Å². The molecule has 0 aromatic carbocycles. The molecule has 0 aliphatic carbocycles. The standard InChI is InChI=1S/C5H9O.3ClH.Sn/c1-3-4-5(2)6;;;;/h3H,4H2,1-2H3;3*1H;/q;;;;+3/p-3. The average molecular weight is 310 g/mol. The van der Waals surface area contributed by atoms with Crippen LogP contribution in [0.5, 0.6) is 0 Å². The van der Waals surface area contributed by atoms with Crippen LogP contribution in [0.3, 0.4) is 0 Å². The third-order valence-corrected chi connectivity index (χ3v) is 12.4. The maximum absolute atomic E-state index is 10.6. The molecule has 0 aliphatic heterocycles. The summed E-state index contributed by atoms with van der Waals surface area (Å²) in [5, 5.41) is 0. The van der Waals surface area contributed by atoms with Gasteiger partial charge in [0.1, 0.15) is 0 Å². The zero-order chi connectivity index (χ0) is 8.36. The molecule has 0 aromatic rings. The number of halogens is 3. The summed E-state index contributed by atoms with van der Waals surface area (Å²) in [4.78, 5) is 10.6. The minimum absolute atomic E-state index is 0.00296. The molecule has 0 fully saturated rings. The first kappa shape index (κ1) is 11.3. The molecule has 0 saturated heterocycles. The van der Waals surface area contributed by atoms with Crippen LogP contribution in [0, 0.1) is 0 Å². The minimum atomic E-state index is -3.30. The zero-order valence-corrected chi connectivity index (χ0v) is 10.9. The number of carbonyl (C=O) groups is 1. The first-order chi connectivity index (χ1) is 4.34. The Hall–Kier alpha value is 1.34. The van der Waals surface area contributed by atoms with Crippen molar-refractivity contribution in [3.05, 3.63) is 0 Å². The molecule has 0 heterocycles. The van der Waals surface area contributed by atoms with E-state index in [2.05, 4.69) is 0 Å². The van der Waals surface area contributed by atoms with E-state index < -0.39 is 15.0 Å². The summed E-state index contributed by atoms with van der Waals surface area (Å²) in [7, 11) is 17.1. The van der Waals surface area contributed by atoms with Gasteiger partial charge in [-0.25, -0.2) is 0 Å². The summed E-state index contributed by atoms with van der Waals surface area (Å²) >= 11 is -3.30. The van der Waals surface area contributed by atoms with Crippen molar-refractivity contribution in [1.29, 1.82) is 0 Å². The molecule has 0 rings (SSSR count). The molecular weight excluding hydrogens is 301 g/mol. The molecule has 1 atom stereocenters. The van der Waals surface area contributed by atoms with E-state index in [1.807, 2.05) is 6.92 Å². The summed E-state index contributed by atoms with van der Waals surface area (Å²) in [6.07, 6.45) is 0.409. The fourth-order valence-corrected chi connectivity index (χ4v) is 3.58. The van der Waals surface area contributed by atoms with Crippen molar-refractivity contribution in [1.82, 2.24) is 0 Å². The third kappa shape index (κ3) is 5.05. The van der Waals surface area contributed by atoms with Gasteiger partial charge >= 0.3 is 76.5 Å². The second-order valence-electron chi connectivity index (χ2n) is 2.35. The van der Waals surface area contributed by atoms with Crippen molar-refractivity contribution < 1.29 is 4.79 Å². The van der Waals surface area contributed by atoms with Crippen LogP contribution in [-0.4, -0.2) is 20.8 Å². The van der Waals surface area contributed by atoms with E-state index in [0.717, 1.165) is 0 Å². The van der Waals surface area contributed by atoms with Crippen LogP contribution in [0.1, 0.15) is 20.3 Å². The van der Waals surface area contributed by atoms with Crippen LogP contribution in [0.2, 0.25) is 3.93 Å². The fourth-order valence-electron chi connectivity index (χ4n) is 0.547. The van der Waals surface area contributed by atoms with E-state index in [4.69, 9.17) is 26.8 Å². The fraction of sp³-hybridized carbons (Fsp3) is 0.800. The summed E-state index contributed by atoms with van der Waals surface area (Å²) in [6.45, 7) is 3.34. The number of ketones is 1. The van der Waals surface area contributed by atoms with Gasteiger partial charge in [-0.2, -0.15) is 0 Å². The Morgan fingerprint density at radius 2 is 1.90 bits per heavy atom. The molecule has 1 unspecified atom stereocenters. The first-order valence-electron chi connectivity index (χ1n) is 2.90. The van der Waals surface area contributed by atoms with Gasteiger partial charge in [-0.1, -0.05) is 0 Å². The maximum atomic E-state index is 10.6. The predicted molar refractivity (Wildman–Crippen MR) is 48.0 cm³/mol. The van der Waals surface area contributed by atoms with Gasteiger partial charge in [-0.05, 0) is 0 Å². The quantitative estimate of drug-likeness (QED) is 0.732. The van der Waals surface area contributed by atoms with Gasteiger partial charge in [0.2, 0.25) is 0 Å². The van der Waals surface area contributed by atoms with Crippen LogP contribution in [0.4, 0.5) is 0 Å². The van der Waals surface area contributed by atoms with Crippen LogP contribution in [0.25, 0.3) is 0 Å². The molecule has 10 heavy (non-hydrogen) atoms. The summed E-state index contributed by atoms with van der Waals surface area (Å²) in [6, 6.07) is 0. The normalized spacial score (nSPS) is 14.9. The Labute approximate surface area is 76.0 Å². The van der Waals surface area contributed by atoms with E-state index in [0.29, 0.717) is 6.42 Å². The molecule has 0 saturated carbocycles. The topological polar surface area (TPSA) is 17.1 Å². The molecule has 0 radical (unpaired) electrons. The third-order valence-electron chi connectivity index (χ3n) is 1.15. The van der Waals surface area contributed by atoms with Gasteiger partial charge < -0.3 is 0 Å². The Morgan fingerprint density at radius 1 is 1.50 bits per heavy atom. The second-order valence-corrected chi connectivity index (χ2v) is 24.1. The summed E-state index contributed by atoms with van der Waals surface area (Å²) < 4.78 is -0.00296. The van der Waals surface area contributed by atoms with Gasteiger partial charge in [0.15, 0.2) is 0 Å². The van der Waals surface area contributed by atoms with Gasteiger partial charge in [0, 0.05) is 0 Å². The van der Waals surface area contributed by atoms with E-state index in [1.54, 1.807) is 0 Å². The number of carbonyl (C=O) groups excluding carboxylic acids is 1. The van der Waals surface area contributed by atoms with Crippen LogP contribution >= 0.6 is 26.8 Å². The number of Topliss-reactive ketones (excluding diaryl/α,β-unsaturated/α-hetero) is 1. The van der Waals surface area contributed by atoms with E-state index in [1.165, 1.54) is 6.92 Å². The molecule has 0 spiro atoms. The second kappa shape index (κ2) is 4.39. The van der Waals surface area contributed by atoms with E-state index >= 15 is 0 Å². The van der Waals surface area contributed by atoms with Gasteiger partial charge in [0.25, 0.3) is 0 Å². The number of rotatable bonds is 3. The van der Waals surface area contributed by atoms with Crippen LogP contribution in [-0.2, 0) is 4.79 Å². The zero-order valence-electron chi connectivity index (χ0n) is 5.83. The van der Waals surface area contributed by atoms with E-state index in [-0.39, 0.29) is 9.72 Å². The Balaban J connectivity index is 3.85. The van der Waals surface area contributed by atoms with Crippen molar-refractivity contribution in [2.45, 2.75) is 24.2 Å². The van der Waals surface area contributed by atoms with Crippen LogP contribution < -0.4 is 0 Å². The predicted octanol–water partition coefficient (Wildman–Crippen LogP) is 3.01. The molecule has 0 amide bonds. The molecule has 0 aromatic heterocycles. The van der Waals surface area contributed by atoms with Crippen molar-refractivity contribution in [3.63, 3.8) is 0 Å². The van der Waals surface area contributed by atoms with Gasteiger partial charge in [-0.3, -0.25) is 0 Å². The summed E-state index contributed by atoms with van der Waals surface area (Å²) in [5.74, 6) is 0.0931. The van der Waals surface area contributed by atoms with Crippen molar-refractivity contribution in [2.24, 2.45) is 0 Å². The molecule has 60 valence electrons. The molecular formula is C5H9Cl3OSn. The van der Waals surface area contributed by atoms with Crippen molar-refractivity contribution in [3.8, 4) is 0 Å². The van der Waals surface area contributed by atoms with Crippen molar-refractivity contribution >= 4 is 47.5 Å². The Kier molecular flexibility index (Phi) is 4.97. The average Bonchev–Trinajstić information content (AvgIpc) is 1.60.